The van der Waals surface area contributed by atoms with E-state index in [0.717, 1.165) is 87.1 Å². The van der Waals surface area contributed by atoms with Gasteiger partial charge < -0.3 is 35.5 Å². The number of fused-ring (bicyclic) bond motifs is 2. The van der Waals surface area contributed by atoms with Crippen LogP contribution in [-0.2, 0) is 49.7 Å². The van der Waals surface area contributed by atoms with Gasteiger partial charge in [-0.15, -0.1) is 4.90 Å². The number of ether oxygens (including phenoxy) is 3. The van der Waals surface area contributed by atoms with E-state index in [-0.39, 0.29) is 42.3 Å². The highest BCUT2D eigenvalue weighted by Crippen LogP contribution is 2.34. The van der Waals surface area contributed by atoms with Crippen molar-refractivity contribution in [1.82, 2.24) is 30.2 Å². The summed E-state index contributed by atoms with van der Waals surface area (Å²) < 4.78 is 16.7. The molecule has 2 aromatic heterocycles. The van der Waals surface area contributed by atoms with Crippen molar-refractivity contribution >= 4 is 64.6 Å². The summed E-state index contributed by atoms with van der Waals surface area (Å²) in [6.07, 6.45) is 6.74. The second-order valence-corrected chi connectivity index (χ2v) is 19.9. The minimum Gasteiger partial charge on any atom is -0.443 e. The normalized spacial score (nSPS) is 15.5. The molecule has 18 nitrogen and oxygen atoms in total. The van der Waals surface area contributed by atoms with Gasteiger partial charge in [-0.25, -0.2) is 24.4 Å². The predicted octanol–water partition coefficient (Wildman–Crippen LogP) is 8.70. The number of rotatable bonds is 11. The maximum Gasteiger partial charge on any atom is 0.427 e. The summed E-state index contributed by atoms with van der Waals surface area (Å²) in [5.41, 5.74) is 6.68. The highest BCUT2D eigenvalue weighted by Gasteiger charge is 2.38. The Morgan fingerprint density at radius 3 is 1.85 bits per heavy atom. The molecule has 2 saturated carbocycles. The maximum absolute atomic E-state index is 13.3. The first-order chi connectivity index (χ1) is 29.9. The van der Waals surface area contributed by atoms with Crippen LogP contribution in [0.15, 0.2) is 0 Å². The molecule has 0 saturated heterocycles. The summed E-state index contributed by atoms with van der Waals surface area (Å²) in [5, 5.41) is 6.44. The van der Waals surface area contributed by atoms with E-state index in [4.69, 9.17) is 31.5 Å². The third-order valence-electron chi connectivity index (χ3n) is 9.90. The molecule has 4 heterocycles. The van der Waals surface area contributed by atoms with Crippen LogP contribution in [0.2, 0.25) is 0 Å². The van der Waals surface area contributed by atoms with E-state index in [1.54, 1.807) is 62.3 Å². The Labute approximate surface area is 390 Å². The van der Waals surface area contributed by atoms with Crippen molar-refractivity contribution in [3.8, 4) is 0 Å². The Balaban J connectivity index is 0.000000332. The monoisotopic (exact) mass is 931 g/mol. The largest absolute Gasteiger partial charge is 0.443 e. The summed E-state index contributed by atoms with van der Waals surface area (Å²) in [6, 6.07) is 0. The number of unbranched alkanes of at least 4 members (excludes halogenated alkanes) is 2. The van der Waals surface area contributed by atoms with Gasteiger partial charge >= 0.3 is 18.3 Å². The van der Waals surface area contributed by atoms with E-state index in [0.29, 0.717) is 55.4 Å². The van der Waals surface area contributed by atoms with E-state index in [1.807, 2.05) is 11.8 Å². The molecule has 2 fully saturated rings. The molecular weight excluding hydrogens is 856 g/mol. The van der Waals surface area contributed by atoms with Crippen molar-refractivity contribution in [2.24, 2.45) is 11.8 Å². The first-order valence-electron chi connectivity index (χ1n) is 22.7. The van der Waals surface area contributed by atoms with Crippen molar-refractivity contribution in [3.05, 3.63) is 22.5 Å². The van der Waals surface area contributed by atoms with Crippen LogP contribution in [-0.4, -0.2) is 97.2 Å². The average Bonchev–Trinajstić information content (AvgIpc) is 4.10. The van der Waals surface area contributed by atoms with Crippen LogP contribution >= 0.6 is 11.6 Å². The third-order valence-corrected chi connectivity index (χ3v) is 10.2. The molecule has 65 heavy (non-hydrogen) atoms. The smallest absolute Gasteiger partial charge is 0.427 e. The molecule has 19 heteroatoms. The molecule has 0 atom stereocenters. The molecule has 0 bridgehead atoms. The van der Waals surface area contributed by atoms with Gasteiger partial charge in [-0.2, -0.15) is 9.97 Å². The third kappa shape index (κ3) is 17.5. The summed E-state index contributed by atoms with van der Waals surface area (Å²) in [7, 11) is 0. The van der Waals surface area contributed by atoms with Crippen LogP contribution in [0.3, 0.4) is 0 Å². The molecular formula is C46H75ClN10O8. The van der Waals surface area contributed by atoms with Crippen LogP contribution in [0.25, 0.3) is 0 Å². The highest BCUT2D eigenvalue weighted by molar-refractivity contribution is 6.64. The predicted molar refractivity (Wildman–Crippen MR) is 253 cm³/mol. The molecule has 6 rings (SSSR count). The zero-order chi connectivity index (χ0) is 47.6. The Hall–Kier alpha value is -4.84. The first-order valence-corrected chi connectivity index (χ1v) is 23.0. The Morgan fingerprint density at radius 1 is 0.769 bits per heavy atom. The van der Waals surface area contributed by atoms with E-state index in [1.165, 1.54) is 4.90 Å². The fourth-order valence-electron chi connectivity index (χ4n) is 6.49. The number of anilines is 4. The minimum absolute atomic E-state index is 0. The van der Waals surface area contributed by atoms with E-state index in [9.17, 15) is 24.0 Å². The summed E-state index contributed by atoms with van der Waals surface area (Å²) in [4.78, 5) is 83.8. The van der Waals surface area contributed by atoms with Gasteiger partial charge in [-0.1, -0.05) is 34.1 Å². The summed E-state index contributed by atoms with van der Waals surface area (Å²) >= 11 is 5.04. The number of imide groups is 1. The SMILES string of the molecule is C.CCCCN(C(=O)OC(C)(C)C)c1nc(N(C(=O)OC(C)(C)C)C(=O)OC(C)(C)C)nc2c1CCNC2.CCCCNc1nc(N)nc2c1CCN(C(=O)C1CC1)C2.O=C(Cl)C1CC1. The Kier molecular flexibility index (Phi) is 19.8. The number of nitrogens with two attached hydrogens (primary N) is 1. The lowest BCUT2D eigenvalue weighted by atomic mass is 10.0. The molecule has 4 amide bonds. The van der Waals surface area contributed by atoms with Gasteiger partial charge in [0.1, 0.15) is 28.4 Å². The van der Waals surface area contributed by atoms with Gasteiger partial charge in [0.25, 0.3) is 0 Å². The number of nitrogens with one attached hydrogen (secondary N) is 2. The van der Waals surface area contributed by atoms with Crippen LogP contribution in [0.1, 0.15) is 157 Å². The van der Waals surface area contributed by atoms with Crippen molar-refractivity contribution in [2.75, 3.05) is 47.0 Å². The lowest BCUT2D eigenvalue weighted by Gasteiger charge is -2.31. The minimum atomic E-state index is -0.978. The summed E-state index contributed by atoms with van der Waals surface area (Å²) in [6.45, 7) is 23.3. The molecule has 4 N–H and O–H groups in total. The molecule has 0 unspecified atom stereocenters. The molecule has 0 radical (unpaired) electrons. The van der Waals surface area contributed by atoms with Crippen molar-refractivity contribution in [1.29, 1.82) is 0 Å². The lowest BCUT2D eigenvalue weighted by Crippen LogP contribution is -2.45. The number of amides is 4. The van der Waals surface area contributed by atoms with Crippen LogP contribution in [0, 0.1) is 11.8 Å². The van der Waals surface area contributed by atoms with Crippen LogP contribution < -0.4 is 26.2 Å². The molecule has 2 aliphatic heterocycles. The van der Waals surface area contributed by atoms with Crippen molar-refractivity contribution < 1.29 is 38.2 Å². The van der Waals surface area contributed by atoms with Crippen molar-refractivity contribution in [3.63, 3.8) is 0 Å². The second kappa shape index (κ2) is 23.6. The second-order valence-electron chi connectivity index (χ2n) is 19.5. The fraction of sp³-hybridized carbons (Fsp3) is 0.717. The molecule has 364 valence electrons. The number of carbonyl (C=O) groups is 5. The van der Waals surface area contributed by atoms with Gasteiger partial charge in [0.05, 0.1) is 17.9 Å². The molecule has 4 aliphatic rings. The van der Waals surface area contributed by atoms with E-state index < -0.39 is 35.1 Å². The van der Waals surface area contributed by atoms with E-state index >= 15 is 0 Å². The fourth-order valence-corrected chi connectivity index (χ4v) is 6.70. The quantitative estimate of drug-likeness (QED) is 0.109. The lowest BCUT2D eigenvalue weighted by molar-refractivity contribution is -0.133. The number of hydrogen-bond donors (Lipinski definition) is 3. The average molecular weight is 932 g/mol. The number of nitrogen functional groups attached to an aromatic ring is 1. The van der Waals surface area contributed by atoms with Gasteiger partial charge in [-0.3, -0.25) is 14.5 Å². The maximum atomic E-state index is 13.3. The van der Waals surface area contributed by atoms with Gasteiger partial charge in [-0.05, 0) is 132 Å². The molecule has 0 spiro atoms. The Morgan fingerprint density at radius 2 is 1.34 bits per heavy atom. The number of hydrogen-bond acceptors (Lipinski definition) is 15. The zero-order valence-electron chi connectivity index (χ0n) is 39.8. The zero-order valence-corrected chi connectivity index (χ0v) is 40.6. The molecule has 2 aromatic rings. The first kappa shape index (κ1) is 54.5. The van der Waals surface area contributed by atoms with Crippen LogP contribution in [0.4, 0.5) is 37.9 Å². The standard InChI is InChI=1S/C26H43N5O6.C15H23N5O.C4H5ClO.CH4/c1-11-12-15-30(21(32)35-24(2,3)4)19-17-13-14-27-16-18(17)28-20(29-19)31(22(33)36-25(5,6)7)23(34)37-26(8,9)10;1-2-3-7-17-13-11-6-8-20(14(21)10-4-5-10)9-12(11)18-15(16)19-13;5-4(6)3-1-2-3;/h27H,11-16H2,1-10H3;10H,2-9H2,1H3,(H3,16,17,18,19);3H,1-2H2;1H4. The number of carbonyl (C=O) groups excluding carboxylic acids is 5. The molecule has 2 aliphatic carbocycles. The van der Waals surface area contributed by atoms with Gasteiger partial charge in [0.2, 0.25) is 23.0 Å². The number of halogens is 1. The summed E-state index contributed by atoms with van der Waals surface area (Å²) in [5.74, 6) is 1.98. The van der Waals surface area contributed by atoms with E-state index in [2.05, 4.69) is 37.5 Å². The highest BCUT2D eigenvalue weighted by atomic mass is 35.5. The van der Waals surface area contributed by atoms with Crippen LogP contribution in [0.5, 0.6) is 0 Å². The van der Waals surface area contributed by atoms with Gasteiger partial charge in [0.15, 0.2) is 0 Å². The van der Waals surface area contributed by atoms with Crippen molar-refractivity contribution in [2.45, 2.75) is 178 Å². The topological polar surface area (TPSA) is 224 Å². The Bertz CT molecular complexity index is 1940. The number of aromatic nitrogens is 4. The molecule has 0 aromatic carbocycles. The number of nitrogens with zero attached hydrogens (tertiary/aromatic N) is 7. The van der Waals surface area contributed by atoms with Gasteiger partial charge in [0, 0.05) is 49.1 Å².